The van der Waals surface area contributed by atoms with Crippen LogP contribution in [-0.4, -0.2) is 25.1 Å². The van der Waals surface area contributed by atoms with Gasteiger partial charge in [0.1, 0.15) is 5.75 Å². The van der Waals surface area contributed by atoms with Crippen LogP contribution in [0.4, 0.5) is 5.69 Å². The van der Waals surface area contributed by atoms with Gasteiger partial charge in [-0.15, -0.1) is 0 Å². The van der Waals surface area contributed by atoms with Gasteiger partial charge in [0.25, 0.3) is 0 Å². The Bertz CT molecular complexity index is 436. The van der Waals surface area contributed by atoms with E-state index in [0.29, 0.717) is 13.0 Å². The highest BCUT2D eigenvalue weighted by atomic mass is 16.5. The maximum Gasteiger partial charge on any atom is 0.222 e. The van der Waals surface area contributed by atoms with Gasteiger partial charge in [-0.2, -0.15) is 0 Å². The second kappa shape index (κ2) is 6.45. The molecule has 0 bridgehead atoms. The van der Waals surface area contributed by atoms with E-state index in [0.717, 1.165) is 17.0 Å². The first kappa shape index (κ1) is 15.3. The zero-order valence-corrected chi connectivity index (χ0v) is 12.5. The van der Waals surface area contributed by atoms with Crippen LogP contribution in [0.5, 0.6) is 5.75 Å². The fraction of sp³-hybridized carbons (Fsp3) is 0.533. The maximum absolute atomic E-state index is 11.7. The lowest BCUT2D eigenvalue weighted by Gasteiger charge is -2.20. The molecule has 0 fully saturated rings. The molecule has 0 aliphatic rings. The quantitative estimate of drug-likeness (QED) is 0.859. The van der Waals surface area contributed by atoms with Crippen LogP contribution in [-0.2, 0) is 4.79 Å². The van der Waals surface area contributed by atoms with Crippen molar-refractivity contribution >= 4 is 11.6 Å². The summed E-state index contributed by atoms with van der Waals surface area (Å²) < 4.78 is 5.28. The van der Waals surface area contributed by atoms with E-state index in [4.69, 9.17) is 4.74 Å². The standard InChI is InChI=1S/C15H24N2O2/c1-11-6-7-13(19-5)12(10-11)16-9-8-14(18)17-15(2,3)4/h6-7,10,16H,8-9H2,1-5H3,(H,17,18). The van der Waals surface area contributed by atoms with E-state index in [9.17, 15) is 4.79 Å². The van der Waals surface area contributed by atoms with Crippen LogP contribution in [0.2, 0.25) is 0 Å². The average molecular weight is 264 g/mol. The number of hydrogen-bond acceptors (Lipinski definition) is 3. The smallest absolute Gasteiger partial charge is 0.222 e. The Hall–Kier alpha value is -1.71. The summed E-state index contributed by atoms with van der Waals surface area (Å²) in [7, 11) is 1.64. The van der Waals surface area contributed by atoms with Gasteiger partial charge < -0.3 is 15.4 Å². The van der Waals surface area contributed by atoms with Gasteiger partial charge in [-0.3, -0.25) is 4.79 Å². The van der Waals surface area contributed by atoms with Crippen LogP contribution in [0, 0.1) is 6.92 Å². The van der Waals surface area contributed by atoms with Crippen molar-refractivity contribution in [2.45, 2.75) is 39.7 Å². The first-order chi connectivity index (χ1) is 8.81. The number of benzene rings is 1. The Kier molecular flexibility index (Phi) is 5.21. The summed E-state index contributed by atoms with van der Waals surface area (Å²) in [6.45, 7) is 8.53. The van der Waals surface area contributed by atoms with Crippen molar-refractivity contribution in [2.75, 3.05) is 19.0 Å². The average Bonchev–Trinajstić information content (AvgIpc) is 2.27. The van der Waals surface area contributed by atoms with Crippen molar-refractivity contribution in [1.29, 1.82) is 0 Å². The summed E-state index contributed by atoms with van der Waals surface area (Å²) >= 11 is 0. The fourth-order valence-corrected chi connectivity index (χ4v) is 1.75. The molecule has 4 heteroatoms. The van der Waals surface area contributed by atoms with Crippen LogP contribution < -0.4 is 15.4 Å². The van der Waals surface area contributed by atoms with Gasteiger partial charge in [0.2, 0.25) is 5.91 Å². The highest BCUT2D eigenvalue weighted by Crippen LogP contribution is 2.24. The molecule has 1 aromatic carbocycles. The van der Waals surface area contributed by atoms with Crippen molar-refractivity contribution in [1.82, 2.24) is 5.32 Å². The molecule has 4 nitrogen and oxygen atoms in total. The summed E-state index contributed by atoms with van der Waals surface area (Å²) in [4.78, 5) is 11.7. The number of methoxy groups -OCH3 is 1. The first-order valence-electron chi connectivity index (χ1n) is 6.51. The third-order valence-corrected chi connectivity index (χ3v) is 2.54. The number of nitrogens with one attached hydrogen (secondary N) is 2. The lowest BCUT2D eigenvalue weighted by Crippen LogP contribution is -2.41. The molecule has 2 N–H and O–H groups in total. The molecular weight excluding hydrogens is 240 g/mol. The van der Waals surface area contributed by atoms with Gasteiger partial charge in [0.05, 0.1) is 12.8 Å². The number of hydrogen-bond donors (Lipinski definition) is 2. The minimum absolute atomic E-state index is 0.0478. The van der Waals surface area contributed by atoms with E-state index in [1.807, 2.05) is 45.9 Å². The van der Waals surface area contributed by atoms with E-state index in [1.165, 1.54) is 0 Å². The number of ether oxygens (including phenoxy) is 1. The molecule has 0 unspecified atom stereocenters. The van der Waals surface area contributed by atoms with Gasteiger partial charge >= 0.3 is 0 Å². The molecular formula is C15H24N2O2. The molecule has 0 saturated carbocycles. The number of amides is 1. The Labute approximate surface area is 115 Å². The molecule has 0 atom stereocenters. The molecule has 0 aromatic heterocycles. The van der Waals surface area contributed by atoms with E-state index in [2.05, 4.69) is 10.6 Å². The van der Waals surface area contributed by atoms with Gasteiger partial charge in [-0.05, 0) is 45.4 Å². The lowest BCUT2D eigenvalue weighted by molar-refractivity contribution is -0.122. The Balaban J connectivity index is 2.49. The lowest BCUT2D eigenvalue weighted by atomic mass is 10.1. The minimum atomic E-state index is -0.182. The predicted molar refractivity (Wildman–Crippen MR) is 78.7 cm³/mol. The molecule has 1 aromatic rings. The number of carbonyl (C=O) groups excluding carboxylic acids is 1. The monoisotopic (exact) mass is 264 g/mol. The summed E-state index contributed by atoms with van der Waals surface area (Å²) in [5.41, 5.74) is 1.89. The fourth-order valence-electron chi connectivity index (χ4n) is 1.75. The third-order valence-electron chi connectivity index (χ3n) is 2.54. The Morgan fingerprint density at radius 3 is 2.58 bits per heavy atom. The molecule has 0 heterocycles. The largest absolute Gasteiger partial charge is 0.495 e. The zero-order chi connectivity index (χ0) is 14.5. The summed E-state index contributed by atoms with van der Waals surface area (Å²) in [6, 6.07) is 5.93. The van der Waals surface area contributed by atoms with Crippen molar-refractivity contribution in [2.24, 2.45) is 0 Å². The van der Waals surface area contributed by atoms with Gasteiger partial charge in [0, 0.05) is 18.5 Å². The van der Waals surface area contributed by atoms with Crippen LogP contribution in [0.1, 0.15) is 32.8 Å². The summed E-state index contributed by atoms with van der Waals surface area (Å²) in [5.74, 6) is 0.841. The van der Waals surface area contributed by atoms with E-state index in [-0.39, 0.29) is 11.4 Å². The number of aryl methyl sites for hydroxylation is 1. The molecule has 19 heavy (non-hydrogen) atoms. The van der Waals surface area contributed by atoms with Gasteiger partial charge in [-0.25, -0.2) is 0 Å². The Morgan fingerprint density at radius 2 is 2.00 bits per heavy atom. The third kappa shape index (κ3) is 5.64. The SMILES string of the molecule is COc1ccc(C)cc1NCCC(=O)NC(C)(C)C. The molecule has 1 amide bonds. The normalized spacial score (nSPS) is 11.0. The minimum Gasteiger partial charge on any atom is -0.495 e. The van der Waals surface area contributed by atoms with Crippen LogP contribution in [0.3, 0.4) is 0 Å². The Morgan fingerprint density at radius 1 is 1.32 bits per heavy atom. The van der Waals surface area contributed by atoms with E-state index < -0.39 is 0 Å². The van der Waals surface area contributed by atoms with Crippen LogP contribution in [0.15, 0.2) is 18.2 Å². The topological polar surface area (TPSA) is 50.4 Å². The molecule has 0 aliphatic heterocycles. The highest BCUT2D eigenvalue weighted by molar-refractivity contribution is 5.77. The second-order valence-corrected chi connectivity index (χ2v) is 5.68. The second-order valence-electron chi connectivity index (χ2n) is 5.68. The highest BCUT2D eigenvalue weighted by Gasteiger charge is 2.13. The maximum atomic E-state index is 11.7. The van der Waals surface area contributed by atoms with E-state index in [1.54, 1.807) is 7.11 Å². The van der Waals surface area contributed by atoms with Crippen LogP contribution in [0.25, 0.3) is 0 Å². The van der Waals surface area contributed by atoms with Crippen molar-refractivity contribution in [3.63, 3.8) is 0 Å². The first-order valence-corrected chi connectivity index (χ1v) is 6.51. The molecule has 0 saturated heterocycles. The zero-order valence-electron chi connectivity index (χ0n) is 12.5. The van der Waals surface area contributed by atoms with E-state index >= 15 is 0 Å². The van der Waals surface area contributed by atoms with Crippen molar-refractivity contribution in [3.8, 4) is 5.75 Å². The van der Waals surface area contributed by atoms with Gasteiger partial charge in [0.15, 0.2) is 0 Å². The molecule has 0 spiro atoms. The molecule has 0 aliphatic carbocycles. The molecule has 106 valence electrons. The number of carbonyl (C=O) groups is 1. The molecule has 1 rings (SSSR count). The summed E-state index contributed by atoms with van der Waals surface area (Å²) in [5, 5.41) is 6.17. The molecule has 0 radical (unpaired) electrons. The predicted octanol–water partition coefficient (Wildman–Crippen LogP) is 2.72. The van der Waals surface area contributed by atoms with Crippen LogP contribution >= 0.6 is 0 Å². The number of rotatable bonds is 5. The summed E-state index contributed by atoms with van der Waals surface area (Å²) in [6.07, 6.45) is 0.439. The van der Waals surface area contributed by atoms with Crippen molar-refractivity contribution in [3.05, 3.63) is 23.8 Å². The van der Waals surface area contributed by atoms with Gasteiger partial charge in [-0.1, -0.05) is 6.07 Å². The van der Waals surface area contributed by atoms with Crippen molar-refractivity contribution < 1.29 is 9.53 Å². The number of anilines is 1.